The van der Waals surface area contributed by atoms with E-state index in [4.69, 9.17) is 0 Å². The van der Waals surface area contributed by atoms with Gasteiger partial charge in [-0.2, -0.15) is 0 Å². The number of fused-ring (bicyclic) bond motifs is 8. The van der Waals surface area contributed by atoms with Crippen molar-refractivity contribution in [3.8, 4) is 39.1 Å². The second kappa shape index (κ2) is 14.8. The Labute approximate surface area is 360 Å². The molecule has 12 rings (SSSR count). The molecule has 0 spiro atoms. The molecule has 2 heteroatoms. The smallest absolute Gasteiger partial charge is 0.0547 e. The van der Waals surface area contributed by atoms with Crippen LogP contribution in [-0.4, -0.2) is 4.57 Å². The molecule has 0 unspecified atom stereocenters. The maximum atomic E-state index is 2.40. The predicted molar refractivity (Wildman–Crippen MR) is 264 cm³/mol. The van der Waals surface area contributed by atoms with Crippen LogP contribution in [0.1, 0.15) is 0 Å². The summed E-state index contributed by atoms with van der Waals surface area (Å²) in [5, 5.41) is 10.2. The van der Waals surface area contributed by atoms with Gasteiger partial charge in [-0.05, 0) is 132 Å². The minimum absolute atomic E-state index is 1.09. The average Bonchev–Trinajstić information content (AvgIpc) is 3.70. The molecule has 0 amide bonds. The fourth-order valence-corrected chi connectivity index (χ4v) is 9.61. The number of nitrogens with zero attached hydrogens (tertiary/aromatic N) is 2. The van der Waals surface area contributed by atoms with Crippen LogP contribution in [0.15, 0.2) is 243 Å². The minimum Gasteiger partial charge on any atom is -0.310 e. The van der Waals surface area contributed by atoms with E-state index >= 15 is 0 Å². The first-order valence-corrected chi connectivity index (χ1v) is 21.3. The third kappa shape index (κ3) is 6.04. The maximum Gasteiger partial charge on any atom is 0.0547 e. The van der Waals surface area contributed by atoms with Gasteiger partial charge in [0.15, 0.2) is 0 Å². The maximum absolute atomic E-state index is 2.40. The van der Waals surface area contributed by atoms with Crippen LogP contribution in [0, 0.1) is 0 Å². The molecule has 1 aromatic heterocycles. The van der Waals surface area contributed by atoms with Gasteiger partial charge in [0.1, 0.15) is 0 Å². The highest BCUT2D eigenvalue weighted by Crippen LogP contribution is 2.41. The SMILES string of the molecule is c1ccc(-c2cccc(N(c3ccc(-c4ccc(-n5c6ccccc6c6c7ccccc7ccc65)cc4)cc3)c3ccc(-c4cc5ccccc5c5ccccc45)cc3)c2)cc1. The molecule has 0 saturated heterocycles. The Hall–Kier alpha value is -8.20. The van der Waals surface area contributed by atoms with Crippen LogP contribution in [0.25, 0.3) is 93.2 Å². The van der Waals surface area contributed by atoms with Crippen molar-refractivity contribution in [3.63, 3.8) is 0 Å². The van der Waals surface area contributed by atoms with Crippen LogP contribution in [-0.2, 0) is 0 Å². The normalized spacial score (nSPS) is 11.5. The van der Waals surface area contributed by atoms with Gasteiger partial charge >= 0.3 is 0 Å². The van der Waals surface area contributed by atoms with Crippen molar-refractivity contribution in [2.45, 2.75) is 0 Å². The first-order valence-electron chi connectivity index (χ1n) is 21.3. The largest absolute Gasteiger partial charge is 0.310 e. The molecule has 0 fully saturated rings. The molecule has 0 aliphatic heterocycles. The Bertz CT molecular complexity index is 3600. The van der Waals surface area contributed by atoms with Crippen molar-refractivity contribution in [1.29, 1.82) is 0 Å². The van der Waals surface area contributed by atoms with Gasteiger partial charge in [0.05, 0.1) is 11.0 Å². The molecule has 0 atom stereocenters. The summed E-state index contributed by atoms with van der Waals surface area (Å²) in [5.41, 5.74) is 14.0. The fraction of sp³-hybridized carbons (Fsp3) is 0. The van der Waals surface area contributed by atoms with Crippen LogP contribution in [0.5, 0.6) is 0 Å². The van der Waals surface area contributed by atoms with E-state index in [1.807, 2.05) is 0 Å². The van der Waals surface area contributed by atoms with E-state index in [0.717, 1.165) is 22.7 Å². The van der Waals surface area contributed by atoms with Crippen molar-refractivity contribution in [2.24, 2.45) is 0 Å². The zero-order valence-corrected chi connectivity index (χ0v) is 34.0. The molecule has 11 aromatic carbocycles. The van der Waals surface area contributed by atoms with Crippen molar-refractivity contribution >= 4 is 71.2 Å². The molecule has 0 N–H and O–H groups in total. The first kappa shape index (κ1) is 35.7. The summed E-state index contributed by atoms with van der Waals surface area (Å²) in [7, 11) is 0. The number of hydrogen-bond donors (Lipinski definition) is 0. The summed E-state index contributed by atoms with van der Waals surface area (Å²) in [6, 6.07) is 88.3. The molecular weight excluding hydrogens is 749 g/mol. The van der Waals surface area contributed by atoms with Gasteiger partial charge in [-0.15, -0.1) is 0 Å². The molecule has 2 nitrogen and oxygen atoms in total. The van der Waals surface area contributed by atoms with Crippen molar-refractivity contribution in [1.82, 2.24) is 4.57 Å². The number of aromatic nitrogens is 1. The summed E-state index contributed by atoms with van der Waals surface area (Å²) in [4.78, 5) is 2.37. The van der Waals surface area contributed by atoms with Gasteiger partial charge in [0, 0.05) is 33.5 Å². The van der Waals surface area contributed by atoms with Gasteiger partial charge in [0.2, 0.25) is 0 Å². The highest BCUT2D eigenvalue weighted by atomic mass is 15.1. The summed E-state index contributed by atoms with van der Waals surface area (Å²) >= 11 is 0. The van der Waals surface area contributed by atoms with Crippen LogP contribution in [0.3, 0.4) is 0 Å². The zero-order valence-electron chi connectivity index (χ0n) is 34.0. The lowest BCUT2D eigenvalue weighted by Crippen LogP contribution is -2.10. The average molecular weight is 789 g/mol. The van der Waals surface area contributed by atoms with E-state index < -0.39 is 0 Å². The molecule has 12 aromatic rings. The monoisotopic (exact) mass is 788 g/mol. The van der Waals surface area contributed by atoms with Crippen LogP contribution in [0.4, 0.5) is 17.1 Å². The Kier molecular flexibility index (Phi) is 8.53. The van der Waals surface area contributed by atoms with Gasteiger partial charge in [-0.25, -0.2) is 0 Å². The summed E-state index contributed by atoms with van der Waals surface area (Å²) in [6.07, 6.45) is 0. The molecule has 62 heavy (non-hydrogen) atoms. The van der Waals surface area contributed by atoms with E-state index in [2.05, 4.69) is 252 Å². The molecule has 0 radical (unpaired) electrons. The molecule has 0 aliphatic rings. The summed E-state index contributed by atoms with van der Waals surface area (Å²) in [5.74, 6) is 0. The summed E-state index contributed by atoms with van der Waals surface area (Å²) in [6.45, 7) is 0. The molecule has 1 heterocycles. The van der Waals surface area contributed by atoms with E-state index in [0.29, 0.717) is 0 Å². The summed E-state index contributed by atoms with van der Waals surface area (Å²) < 4.78 is 2.40. The number of para-hydroxylation sites is 1. The van der Waals surface area contributed by atoms with Crippen LogP contribution < -0.4 is 4.90 Å². The highest BCUT2D eigenvalue weighted by molar-refractivity contribution is 6.21. The van der Waals surface area contributed by atoms with Crippen molar-refractivity contribution < 1.29 is 0 Å². The third-order valence-electron chi connectivity index (χ3n) is 12.6. The van der Waals surface area contributed by atoms with Gasteiger partial charge < -0.3 is 9.47 Å². The topological polar surface area (TPSA) is 8.17 Å². The number of benzene rings is 11. The Morgan fingerprint density at radius 1 is 0.274 bits per heavy atom. The second-order valence-corrected chi connectivity index (χ2v) is 16.1. The van der Waals surface area contributed by atoms with Crippen LogP contribution in [0.2, 0.25) is 0 Å². The van der Waals surface area contributed by atoms with Crippen molar-refractivity contribution in [3.05, 3.63) is 243 Å². The fourth-order valence-electron chi connectivity index (χ4n) is 9.61. The first-order chi connectivity index (χ1) is 30.7. The van der Waals surface area contributed by atoms with E-state index in [1.54, 1.807) is 0 Å². The lowest BCUT2D eigenvalue weighted by atomic mass is 9.93. The minimum atomic E-state index is 1.09. The highest BCUT2D eigenvalue weighted by Gasteiger charge is 2.17. The standard InChI is InChI=1S/C60H40N2/c1-2-13-41(14-3-1)46-17-12-18-51(39-46)61(49-36-29-45(30-37-49)57-40-47-16-5-6-19-52(47)54-21-8-9-22-55(54)57)48-32-25-42(26-33-48)43-27-34-50(35-28-43)62-58-24-11-10-23-56(58)60-53-20-7-4-15-44(53)31-38-59(60)62/h1-40H. The molecule has 290 valence electrons. The molecule has 0 bridgehead atoms. The zero-order chi connectivity index (χ0) is 41.0. The predicted octanol–water partition coefficient (Wildman–Crippen LogP) is 16.7. The lowest BCUT2D eigenvalue weighted by molar-refractivity contribution is 1.18. The Morgan fingerprint density at radius 3 is 1.56 bits per heavy atom. The van der Waals surface area contributed by atoms with Crippen molar-refractivity contribution in [2.75, 3.05) is 4.90 Å². The van der Waals surface area contributed by atoms with E-state index in [-0.39, 0.29) is 0 Å². The molecule has 0 saturated carbocycles. The third-order valence-corrected chi connectivity index (χ3v) is 12.6. The van der Waals surface area contributed by atoms with Gasteiger partial charge in [-0.3, -0.25) is 0 Å². The lowest BCUT2D eigenvalue weighted by Gasteiger charge is -2.26. The number of hydrogen-bond acceptors (Lipinski definition) is 1. The Morgan fingerprint density at radius 2 is 0.823 bits per heavy atom. The number of rotatable bonds is 7. The Balaban J connectivity index is 0.919. The van der Waals surface area contributed by atoms with Crippen LogP contribution >= 0.6 is 0 Å². The van der Waals surface area contributed by atoms with E-state index in [1.165, 1.54) is 87.5 Å². The second-order valence-electron chi connectivity index (χ2n) is 16.1. The quantitative estimate of drug-likeness (QED) is 0.146. The number of anilines is 3. The van der Waals surface area contributed by atoms with Gasteiger partial charge in [-0.1, -0.05) is 176 Å². The molecule has 0 aliphatic carbocycles. The van der Waals surface area contributed by atoms with Gasteiger partial charge in [0.25, 0.3) is 0 Å². The van der Waals surface area contributed by atoms with E-state index in [9.17, 15) is 0 Å². The molecular formula is C60H40N2.